The molecule has 0 aliphatic carbocycles. The van der Waals surface area contributed by atoms with E-state index in [0.29, 0.717) is 18.3 Å². The van der Waals surface area contributed by atoms with Crippen molar-refractivity contribution >= 4 is 0 Å². The number of ether oxygens (including phenoxy) is 1. The average Bonchev–Trinajstić information content (AvgIpc) is 2.41. The van der Waals surface area contributed by atoms with Crippen molar-refractivity contribution in [2.75, 3.05) is 27.2 Å². The van der Waals surface area contributed by atoms with Gasteiger partial charge in [-0.25, -0.2) is 4.39 Å². The second-order valence-corrected chi connectivity index (χ2v) is 4.82. The summed E-state index contributed by atoms with van der Waals surface area (Å²) in [6.07, 6.45) is 2.38. The number of nitrogens with zero attached hydrogens (tertiary/aromatic N) is 1. The lowest BCUT2D eigenvalue weighted by atomic mass is 10.0. The van der Waals surface area contributed by atoms with Gasteiger partial charge in [0.15, 0.2) is 0 Å². The molecule has 2 rings (SSSR count). The van der Waals surface area contributed by atoms with Crippen LogP contribution in [0.15, 0.2) is 18.2 Å². The van der Waals surface area contributed by atoms with E-state index >= 15 is 0 Å². The fourth-order valence-electron chi connectivity index (χ4n) is 2.46. The normalized spacial score (nSPS) is 20.9. The van der Waals surface area contributed by atoms with Crippen molar-refractivity contribution in [2.45, 2.75) is 25.4 Å². The Morgan fingerprint density at radius 1 is 1.50 bits per heavy atom. The number of likely N-dealkylation sites (tertiary alicyclic amines) is 1. The fourth-order valence-corrected chi connectivity index (χ4v) is 2.46. The maximum Gasteiger partial charge on any atom is 0.131 e. The molecule has 18 heavy (non-hydrogen) atoms. The summed E-state index contributed by atoms with van der Waals surface area (Å²) in [6.45, 7) is 2.71. The van der Waals surface area contributed by atoms with Crippen LogP contribution in [0.3, 0.4) is 0 Å². The molecule has 1 aromatic rings. The zero-order valence-electron chi connectivity index (χ0n) is 11.1. The highest BCUT2D eigenvalue weighted by Crippen LogP contribution is 2.19. The van der Waals surface area contributed by atoms with Gasteiger partial charge in [-0.2, -0.15) is 0 Å². The van der Waals surface area contributed by atoms with E-state index in [0.717, 1.165) is 18.7 Å². The van der Waals surface area contributed by atoms with E-state index in [1.165, 1.54) is 18.9 Å². The van der Waals surface area contributed by atoms with Crippen molar-refractivity contribution < 1.29 is 9.13 Å². The van der Waals surface area contributed by atoms with Crippen LogP contribution in [0.4, 0.5) is 4.39 Å². The van der Waals surface area contributed by atoms with Gasteiger partial charge in [0.1, 0.15) is 11.6 Å². The van der Waals surface area contributed by atoms with Crippen LogP contribution in [0.2, 0.25) is 0 Å². The molecule has 1 N–H and O–H groups in total. The Bertz CT molecular complexity index is 397. The van der Waals surface area contributed by atoms with Gasteiger partial charge in [0, 0.05) is 30.8 Å². The Balaban J connectivity index is 2.00. The van der Waals surface area contributed by atoms with Crippen molar-refractivity contribution in [1.82, 2.24) is 10.2 Å². The fraction of sp³-hybridized carbons (Fsp3) is 0.571. The van der Waals surface area contributed by atoms with Gasteiger partial charge in [0.25, 0.3) is 0 Å². The Hall–Kier alpha value is -1.13. The molecule has 1 fully saturated rings. The highest BCUT2D eigenvalue weighted by atomic mass is 19.1. The van der Waals surface area contributed by atoms with Crippen molar-refractivity contribution in [3.05, 3.63) is 29.6 Å². The minimum atomic E-state index is -0.180. The molecule has 0 radical (unpaired) electrons. The standard InChI is InChI=1S/C14H21FN2O/c1-16-12-4-3-7-17(10-12)9-11-5-6-13(18-2)8-14(11)15/h5-6,8,12,16H,3-4,7,9-10H2,1-2H3. The highest BCUT2D eigenvalue weighted by Gasteiger charge is 2.19. The molecule has 1 saturated heterocycles. The van der Waals surface area contributed by atoms with E-state index in [9.17, 15) is 4.39 Å². The van der Waals surface area contributed by atoms with E-state index in [2.05, 4.69) is 10.2 Å². The number of rotatable bonds is 4. The van der Waals surface area contributed by atoms with Crippen LogP contribution < -0.4 is 10.1 Å². The first-order valence-electron chi connectivity index (χ1n) is 6.45. The lowest BCUT2D eigenvalue weighted by Crippen LogP contribution is -2.43. The number of piperidine rings is 1. The van der Waals surface area contributed by atoms with Crippen LogP contribution in [0.5, 0.6) is 5.75 Å². The van der Waals surface area contributed by atoms with Gasteiger partial charge in [0.2, 0.25) is 0 Å². The SMILES string of the molecule is CNC1CCCN(Cc2ccc(OC)cc2F)C1. The Kier molecular flexibility index (Phi) is 4.55. The third kappa shape index (κ3) is 3.21. The van der Waals surface area contributed by atoms with Gasteiger partial charge < -0.3 is 10.1 Å². The molecule has 0 aromatic heterocycles. The monoisotopic (exact) mass is 252 g/mol. The van der Waals surface area contributed by atoms with Gasteiger partial charge in [-0.3, -0.25) is 4.90 Å². The molecule has 1 aliphatic heterocycles. The van der Waals surface area contributed by atoms with Crippen LogP contribution in [0.1, 0.15) is 18.4 Å². The molecule has 1 aliphatic rings. The lowest BCUT2D eigenvalue weighted by molar-refractivity contribution is 0.186. The van der Waals surface area contributed by atoms with E-state index < -0.39 is 0 Å². The number of likely N-dealkylation sites (N-methyl/N-ethyl adjacent to an activating group) is 1. The quantitative estimate of drug-likeness (QED) is 0.887. The second-order valence-electron chi connectivity index (χ2n) is 4.82. The summed E-state index contributed by atoms with van der Waals surface area (Å²) < 4.78 is 18.9. The first-order valence-corrected chi connectivity index (χ1v) is 6.45. The van der Waals surface area contributed by atoms with E-state index in [1.807, 2.05) is 19.2 Å². The predicted molar refractivity (Wildman–Crippen MR) is 70.3 cm³/mol. The largest absolute Gasteiger partial charge is 0.497 e. The number of hydrogen-bond donors (Lipinski definition) is 1. The summed E-state index contributed by atoms with van der Waals surface area (Å²) >= 11 is 0. The summed E-state index contributed by atoms with van der Waals surface area (Å²) in [6, 6.07) is 5.62. The maximum atomic E-state index is 13.8. The first kappa shape index (κ1) is 13.3. The summed E-state index contributed by atoms with van der Waals surface area (Å²) in [5, 5.41) is 3.30. The van der Waals surface area contributed by atoms with Gasteiger partial charge in [0.05, 0.1) is 7.11 Å². The topological polar surface area (TPSA) is 24.5 Å². The molecule has 100 valence electrons. The van der Waals surface area contributed by atoms with Crippen LogP contribution in [0, 0.1) is 5.82 Å². The van der Waals surface area contributed by atoms with Gasteiger partial charge in [-0.1, -0.05) is 6.07 Å². The molecule has 0 spiro atoms. The molecule has 1 aromatic carbocycles. The van der Waals surface area contributed by atoms with Crippen molar-refractivity contribution in [2.24, 2.45) is 0 Å². The van der Waals surface area contributed by atoms with Gasteiger partial charge in [-0.05, 0) is 32.5 Å². The van der Waals surface area contributed by atoms with Gasteiger partial charge >= 0.3 is 0 Å². The second kappa shape index (κ2) is 6.16. The maximum absolute atomic E-state index is 13.8. The van der Waals surface area contributed by atoms with Crippen molar-refractivity contribution in [3.63, 3.8) is 0 Å². The summed E-state index contributed by atoms with van der Waals surface area (Å²) in [4.78, 5) is 2.30. The number of halogens is 1. The molecule has 0 amide bonds. The number of methoxy groups -OCH3 is 1. The lowest BCUT2D eigenvalue weighted by Gasteiger charge is -2.32. The van der Waals surface area contributed by atoms with Crippen molar-refractivity contribution in [1.29, 1.82) is 0 Å². The molecule has 0 saturated carbocycles. The average molecular weight is 252 g/mol. The van der Waals surface area contributed by atoms with Crippen LogP contribution in [0.25, 0.3) is 0 Å². The molecular weight excluding hydrogens is 231 g/mol. The molecule has 4 heteroatoms. The van der Waals surface area contributed by atoms with Crippen LogP contribution in [-0.4, -0.2) is 38.2 Å². The minimum Gasteiger partial charge on any atom is -0.497 e. The summed E-state index contributed by atoms with van der Waals surface area (Å²) in [5.74, 6) is 0.393. The zero-order chi connectivity index (χ0) is 13.0. The third-order valence-electron chi connectivity index (χ3n) is 3.57. The van der Waals surface area contributed by atoms with Crippen LogP contribution >= 0.6 is 0 Å². The number of nitrogens with one attached hydrogen (secondary N) is 1. The molecule has 3 nitrogen and oxygen atoms in total. The van der Waals surface area contributed by atoms with Gasteiger partial charge in [-0.15, -0.1) is 0 Å². The Morgan fingerprint density at radius 2 is 2.33 bits per heavy atom. The minimum absolute atomic E-state index is 0.180. The Morgan fingerprint density at radius 3 is 3.00 bits per heavy atom. The number of benzene rings is 1. The van der Waals surface area contributed by atoms with E-state index in [-0.39, 0.29) is 5.82 Å². The van der Waals surface area contributed by atoms with Crippen molar-refractivity contribution in [3.8, 4) is 5.75 Å². The molecular formula is C14H21FN2O. The smallest absolute Gasteiger partial charge is 0.131 e. The summed E-state index contributed by atoms with van der Waals surface area (Å²) in [7, 11) is 3.54. The zero-order valence-corrected chi connectivity index (χ0v) is 11.1. The predicted octanol–water partition coefficient (Wildman–Crippen LogP) is 2.02. The summed E-state index contributed by atoms with van der Waals surface area (Å²) in [5.41, 5.74) is 0.743. The Labute approximate surface area is 108 Å². The molecule has 1 heterocycles. The third-order valence-corrected chi connectivity index (χ3v) is 3.57. The van der Waals surface area contributed by atoms with Crippen LogP contribution in [-0.2, 0) is 6.54 Å². The number of hydrogen-bond acceptors (Lipinski definition) is 3. The highest BCUT2D eigenvalue weighted by molar-refractivity contribution is 5.28. The van der Waals surface area contributed by atoms with E-state index in [1.54, 1.807) is 7.11 Å². The first-order chi connectivity index (χ1) is 8.72. The molecule has 0 bridgehead atoms. The molecule has 1 unspecified atom stereocenters. The van der Waals surface area contributed by atoms with E-state index in [4.69, 9.17) is 4.74 Å². The molecule has 1 atom stereocenters.